The highest BCUT2D eigenvalue weighted by Gasteiger charge is 2.12. The van der Waals surface area contributed by atoms with Crippen LogP contribution in [0.25, 0.3) is 0 Å². The van der Waals surface area contributed by atoms with Gasteiger partial charge in [0.1, 0.15) is 0 Å². The van der Waals surface area contributed by atoms with E-state index >= 15 is 0 Å². The van der Waals surface area contributed by atoms with Crippen LogP contribution in [0.1, 0.15) is 12.0 Å². The Morgan fingerprint density at radius 2 is 1.57 bits per heavy atom. The molecule has 0 unspecified atom stereocenters. The molecule has 0 aliphatic rings. The van der Waals surface area contributed by atoms with E-state index in [4.69, 9.17) is 58.0 Å². The van der Waals surface area contributed by atoms with Crippen LogP contribution in [-0.4, -0.2) is 5.88 Å². The number of alkyl halides is 1. The normalized spacial score (nSPS) is 10.6. The zero-order valence-corrected chi connectivity index (χ0v) is 10.9. The van der Waals surface area contributed by atoms with Crippen LogP contribution in [0.15, 0.2) is 6.07 Å². The van der Waals surface area contributed by atoms with Gasteiger partial charge in [-0.05, 0) is 24.5 Å². The molecule has 1 rings (SSSR count). The van der Waals surface area contributed by atoms with E-state index in [1.54, 1.807) is 6.07 Å². The van der Waals surface area contributed by atoms with Crippen LogP contribution < -0.4 is 0 Å². The van der Waals surface area contributed by atoms with Gasteiger partial charge in [-0.1, -0.05) is 46.4 Å². The topological polar surface area (TPSA) is 0 Å². The summed E-state index contributed by atoms with van der Waals surface area (Å²) in [7, 11) is 0. The van der Waals surface area contributed by atoms with E-state index in [-0.39, 0.29) is 0 Å². The summed E-state index contributed by atoms with van der Waals surface area (Å²) in [4.78, 5) is 0. The fraction of sp³-hybridized carbons (Fsp3) is 0.333. The predicted molar refractivity (Wildman–Crippen MR) is 65.5 cm³/mol. The molecule has 14 heavy (non-hydrogen) atoms. The summed E-state index contributed by atoms with van der Waals surface area (Å²) in [6.07, 6.45) is 1.58. The smallest absolute Gasteiger partial charge is 0.0796 e. The number of rotatable bonds is 3. The second-order valence-corrected chi connectivity index (χ2v) is 4.67. The zero-order chi connectivity index (χ0) is 10.7. The van der Waals surface area contributed by atoms with Gasteiger partial charge < -0.3 is 0 Å². The summed E-state index contributed by atoms with van der Waals surface area (Å²) in [6.45, 7) is 0. The molecule has 0 heterocycles. The lowest BCUT2D eigenvalue weighted by Gasteiger charge is -2.08. The highest BCUT2D eigenvalue weighted by atomic mass is 35.5. The van der Waals surface area contributed by atoms with Crippen LogP contribution in [-0.2, 0) is 6.42 Å². The van der Waals surface area contributed by atoms with E-state index in [0.717, 1.165) is 18.4 Å². The Bertz CT molecular complexity index is 334. The molecule has 0 atom stereocenters. The van der Waals surface area contributed by atoms with Crippen molar-refractivity contribution in [3.05, 3.63) is 31.7 Å². The fourth-order valence-electron chi connectivity index (χ4n) is 1.06. The molecule has 5 heteroatoms. The van der Waals surface area contributed by atoms with E-state index < -0.39 is 0 Å². The summed E-state index contributed by atoms with van der Waals surface area (Å²) < 4.78 is 0. The summed E-state index contributed by atoms with van der Waals surface area (Å²) in [5.41, 5.74) is 0.881. The van der Waals surface area contributed by atoms with E-state index in [0.29, 0.717) is 26.0 Å². The molecule has 0 nitrogen and oxygen atoms in total. The van der Waals surface area contributed by atoms with Crippen molar-refractivity contribution in [2.45, 2.75) is 12.8 Å². The molecule has 0 saturated heterocycles. The van der Waals surface area contributed by atoms with E-state index in [1.165, 1.54) is 0 Å². The summed E-state index contributed by atoms with van der Waals surface area (Å²) in [6, 6.07) is 1.73. The third-order valence-corrected chi connectivity index (χ3v) is 3.82. The van der Waals surface area contributed by atoms with Crippen LogP contribution in [0.2, 0.25) is 20.1 Å². The third-order valence-electron chi connectivity index (χ3n) is 1.76. The van der Waals surface area contributed by atoms with Crippen LogP contribution >= 0.6 is 58.0 Å². The van der Waals surface area contributed by atoms with Crippen molar-refractivity contribution >= 4 is 58.0 Å². The average Bonchev–Trinajstić information content (AvgIpc) is 2.18. The molecule has 0 amide bonds. The molecule has 0 aliphatic heterocycles. The molecule has 1 aromatic carbocycles. The van der Waals surface area contributed by atoms with Gasteiger partial charge in [-0.15, -0.1) is 11.6 Å². The number of aryl methyl sites for hydroxylation is 1. The van der Waals surface area contributed by atoms with Crippen LogP contribution in [0, 0.1) is 0 Å². The van der Waals surface area contributed by atoms with Crippen molar-refractivity contribution in [3.8, 4) is 0 Å². The number of benzene rings is 1. The molecule has 0 aromatic heterocycles. The van der Waals surface area contributed by atoms with Gasteiger partial charge in [0.25, 0.3) is 0 Å². The highest BCUT2D eigenvalue weighted by molar-refractivity contribution is 6.51. The van der Waals surface area contributed by atoms with Crippen LogP contribution in [0.4, 0.5) is 0 Å². The summed E-state index contributed by atoms with van der Waals surface area (Å²) >= 11 is 29.1. The van der Waals surface area contributed by atoms with E-state index in [1.807, 2.05) is 0 Å². The first-order valence-corrected chi connectivity index (χ1v) is 6.00. The van der Waals surface area contributed by atoms with Crippen molar-refractivity contribution in [3.63, 3.8) is 0 Å². The molecule has 0 spiro atoms. The molecule has 0 aliphatic carbocycles. The molecular formula is C9H7Cl5. The Kier molecular flexibility index (Phi) is 5.16. The molecule has 0 bridgehead atoms. The second-order valence-electron chi connectivity index (χ2n) is 2.75. The minimum Gasteiger partial charge on any atom is -0.127 e. The molecular weight excluding hydrogens is 285 g/mol. The average molecular weight is 292 g/mol. The summed E-state index contributed by atoms with van der Waals surface area (Å²) in [5, 5.41) is 1.50. The van der Waals surface area contributed by atoms with Gasteiger partial charge in [0.2, 0.25) is 0 Å². The third kappa shape index (κ3) is 2.84. The van der Waals surface area contributed by atoms with Gasteiger partial charge in [0.05, 0.1) is 20.1 Å². The Balaban J connectivity index is 3.06. The first-order valence-electron chi connectivity index (χ1n) is 3.95. The largest absolute Gasteiger partial charge is 0.127 e. The van der Waals surface area contributed by atoms with Gasteiger partial charge in [-0.2, -0.15) is 0 Å². The maximum Gasteiger partial charge on any atom is 0.0796 e. The lowest BCUT2D eigenvalue weighted by Crippen LogP contribution is -1.90. The quantitative estimate of drug-likeness (QED) is 0.393. The van der Waals surface area contributed by atoms with Gasteiger partial charge in [-0.25, -0.2) is 0 Å². The molecule has 78 valence electrons. The number of hydrogen-bond acceptors (Lipinski definition) is 0. The predicted octanol–water partition coefficient (Wildman–Crippen LogP) is 5.47. The maximum atomic E-state index is 5.99. The van der Waals surface area contributed by atoms with Crippen molar-refractivity contribution in [1.29, 1.82) is 0 Å². The molecule has 0 N–H and O–H groups in total. The van der Waals surface area contributed by atoms with Gasteiger partial charge in [-0.3, -0.25) is 0 Å². The standard InChI is InChI=1S/C9H7Cl5/c10-3-1-2-5-4-6(11)8(13)9(14)7(5)12/h4H,1-3H2. The zero-order valence-electron chi connectivity index (χ0n) is 7.09. The van der Waals surface area contributed by atoms with Crippen LogP contribution in [0.5, 0.6) is 0 Å². The Labute approximate surface area is 108 Å². The Hall–Kier alpha value is 0.670. The number of hydrogen-bond donors (Lipinski definition) is 0. The van der Waals surface area contributed by atoms with Crippen molar-refractivity contribution in [2.24, 2.45) is 0 Å². The van der Waals surface area contributed by atoms with Crippen LogP contribution in [0.3, 0.4) is 0 Å². The fourth-order valence-corrected chi connectivity index (χ4v) is 2.13. The first-order chi connectivity index (χ1) is 6.57. The lowest BCUT2D eigenvalue weighted by molar-refractivity contribution is 0.929. The molecule has 1 aromatic rings. The first kappa shape index (κ1) is 12.7. The molecule has 0 fully saturated rings. The Morgan fingerprint density at radius 1 is 0.929 bits per heavy atom. The second kappa shape index (κ2) is 5.67. The van der Waals surface area contributed by atoms with Crippen molar-refractivity contribution < 1.29 is 0 Å². The van der Waals surface area contributed by atoms with E-state index in [9.17, 15) is 0 Å². The van der Waals surface area contributed by atoms with Gasteiger partial charge in [0, 0.05) is 5.88 Å². The summed E-state index contributed by atoms with van der Waals surface area (Å²) in [5.74, 6) is 0.578. The minimum absolute atomic E-state index is 0.299. The monoisotopic (exact) mass is 290 g/mol. The maximum absolute atomic E-state index is 5.99. The van der Waals surface area contributed by atoms with E-state index in [2.05, 4.69) is 0 Å². The Morgan fingerprint density at radius 3 is 2.14 bits per heavy atom. The lowest BCUT2D eigenvalue weighted by atomic mass is 10.1. The van der Waals surface area contributed by atoms with Gasteiger partial charge in [0.15, 0.2) is 0 Å². The van der Waals surface area contributed by atoms with Crippen molar-refractivity contribution in [2.75, 3.05) is 5.88 Å². The highest BCUT2D eigenvalue weighted by Crippen LogP contribution is 2.38. The minimum atomic E-state index is 0.299. The molecule has 0 saturated carbocycles. The molecule has 0 radical (unpaired) electrons. The van der Waals surface area contributed by atoms with Gasteiger partial charge >= 0.3 is 0 Å². The van der Waals surface area contributed by atoms with Crippen molar-refractivity contribution in [1.82, 2.24) is 0 Å². The number of halogens is 5. The SMILES string of the molecule is ClCCCc1cc(Cl)c(Cl)c(Cl)c1Cl.